The highest BCUT2D eigenvalue weighted by Crippen LogP contribution is 2.54. The van der Waals surface area contributed by atoms with Crippen molar-refractivity contribution in [3.63, 3.8) is 0 Å². The molecule has 0 saturated carbocycles. The third kappa shape index (κ3) is 3.68. The maximum atomic E-state index is 12.5. The molecule has 0 spiro atoms. The van der Waals surface area contributed by atoms with E-state index >= 15 is 0 Å². The molecule has 18 heavy (non-hydrogen) atoms. The summed E-state index contributed by atoms with van der Waals surface area (Å²) >= 11 is 0. The molecule has 0 unspecified atom stereocenters. The van der Waals surface area contributed by atoms with Crippen molar-refractivity contribution < 1.29 is 23.1 Å². The third-order valence-corrected chi connectivity index (χ3v) is 4.47. The highest BCUT2D eigenvalue weighted by atomic mass is 31.2. The lowest BCUT2D eigenvalue weighted by Crippen LogP contribution is -2.40. The Hall–Kier alpha value is -0.620. The normalized spacial score (nSPS) is 19.0. The number of nitrogens with zero attached hydrogens (tertiary/aromatic N) is 2. The standard InChI is InChI=1S/C10H21N2O5P/c1-4-6-12(7-5-2)18(14)16-8-11(9-17-18)10(13)15-3/h4-9H2,1-3H3. The molecule has 8 heteroatoms. The highest BCUT2D eigenvalue weighted by molar-refractivity contribution is 7.51. The topological polar surface area (TPSA) is 68.3 Å². The van der Waals surface area contributed by atoms with Crippen LogP contribution in [0.15, 0.2) is 0 Å². The van der Waals surface area contributed by atoms with E-state index in [0.29, 0.717) is 13.1 Å². The molecule has 0 aromatic rings. The molecule has 0 aromatic carbocycles. The van der Waals surface area contributed by atoms with Gasteiger partial charge in [0.1, 0.15) is 13.5 Å². The van der Waals surface area contributed by atoms with Crippen LogP contribution in [0, 0.1) is 0 Å². The van der Waals surface area contributed by atoms with Gasteiger partial charge < -0.3 is 4.74 Å². The van der Waals surface area contributed by atoms with Gasteiger partial charge in [-0.3, -0.25) is 13.9 Å². The van der Waals surface area contributed by atoms with E-state index in [1.807, 2.05) is 13.8 Å². The van der Waals surface area contributed by atoms with Gasteiger partial charge in [-0.1, -0.05) is 13.8 Å². The maximum absolute atomic E-state index is 12.5. The largest absolute Gasteiger partial charge is 0.453 e. The number of hydrogen-bond donors (Lipinski definition) is 0. The van der Waals surface area contributed by atoms with Crippen molar-refractivity contribution in [2.24, 2.45) is 0 Å². The first-order chi connectivity index (χ1) is 8.57. The third-order valence-electron chi connectivity index (χ3n) is 2.50. The van der Waals surface area contributed by atoms with Crippen molar-refractivity contribution in [1.29, 1.82) is 0 Å². The van der Waals surface area contributed by atoms with Crippen LogP contribution < -0.4 is 0 Å². The minimum Gasteiger partial charge on any atom is -0.453 e. The molecule has 1 fully saturated rings. The number of carbonyl (C=O) groups is 1. The minimum absolute atomic E-state index is 0.0755. The zero-order chi connectivity index (χ0) is 13.6. The lowest BCUT2D eigenvalue weighted by molar-refractivity contribution is -0.0160. The van der Waals surface area contributed by atoms with Crippen LogP contribution in [0.25, 0.3) is 0 Å². The molecule has 1 saturated heterocycles. The first kappa shape index (κ1) is 15.4. The summed E-state index contributed by atoms with van der Waals surface area (Å²) in [4.78, 5) is 12.4. The van der Waals surface area contributed by atoms with Gasteiger partial charge in [0.25, 0.3) is 0 Å². The van der Waals surface area contributed by atoms with Crippen molar-refractivity contribution in [3.05, 3.63) is 0 Å². The molecule has 7 nitrogen and oxygen atoms in total. The number of ether oxygens (including phenoxy) is 1. The van der Waals surface area contributed by atoms with Gasteiger partial charge >= 0.3 is 13.8 Å². The van der Waals surface area contributed by atoms with Crippen LogP contribution in [0.1, 0.15) is 26.7 Å². The second-order valence-electron chi connectivity index (χ2n) is 3.95. The van der Waals surface area contributed by atoms with Crippen LogP contribution in [-0.4, -0.2) is 49.3 Å². The van der Waals surface area contributed by atoms with E-state index < -0.39 is 13.8 Å². The predicted molar refractivity (Wildman–Crippen MR) is 65.9 cm³/mol. The van der Waals surface area contributed by atoms with Crippen LogP contribution in [0.4, 0.5) is 4.79 Å². The first-order valence-electron chi connectivity index (χ1n) is 6.04. The van der Waals surface area contributed by atoms with Crippen molar-refractivity contribution in [2.45, 2.75) is 26.7 Å². The van der Waals surface area contributed by atoms with Gasteiger partial charge in [0, 0.05) is 13.1 Å². The van der Waals surface area contributed by atoms with Crippen LogP contribution >= 0.6 is 7.75 Å². The fraction of sp³-hybridized carbons (Fsp3) is 0.900. The van der Waals surface area contributed by atoms with E-state index in [2.05, 4.69) is 4.74 Å². The molecule has 0 aromatic heterocycles. The number of rotatable bonds is 5. The molecule has 1 aliphatic rings. The summed E-state index contributed by atoms with van der Waals surface area (Å²) in [6.07, 6.45) is 1.16. The van der Waals surface area contributed by atoms with Gasteiger partial charge in [-0.05, 0) is 12.8 Å². The summed E-state index contributed by atoms with van der Waals surface area (Å²) in [5.41, 5.74) is 0. The maximum Gasteiger partial charge on any atom is 0.413 e. The van der Waals surface area contributed by atoms with E-state index in [9.17, 15) is 9.36 Å². The van der Waals surface area contributed by atoms with Gasteiger partial charge in [0.15, 0.2) is 0 Å². The quantitative estimate of drug-likeness (QED) is 0.719. The Morgan fingerprint density at radius 1 is 1.28 bits per heavy atom. The molecular formula is C10H21N2O5P. The number of amides is 1. The zero-order valence-electron chi connectivity index (χ0n) is 11.1. The van der Waals surface area contributed by atoms with Gasteiger partial charge in [-0.2, -0.15) is 0 Å². The average molecular weight is 280 g/mol. The van der Waals surface area contributed by atoms with Crippen molar-refractivity contribution in [1.82, 2.24) is 9.57 Å². The lowest BCUT2D eigenvalue weighted by atomic mass is 10.4. The Morgan fingerprint density at radius 2 is 1.78 bits per heavy atom. The van der Waals surface area contributed by atoms with E-state index in [1.54, 1.807) is 4.67 Å². The van der Waals surface area contributed by atoms with Crippen LogP contribution in [0.5, 0.6) is 0 Å². The smallest absolute Gasteiger partial charge is 0.413 e. The minimum atomic E-state index is -3.26. The van der Waals surface area contributed by atoms with Crippen LogP contribution in [0.2, 0.25) is 0 Å². The van der Waals surface area contributed by atoms with Crippen molar-refractivity contribution >= 4 is 13.8 Å². The molecule has 0 bridgehead atoms. The Balaban J connectivity index is 2.61. The van der Waals surface area contributed by atoms with Crippen molar-refractivity contribution in [2.75, 3.05) is 33.7 Å². The summed E-state index contributed by atoms with van der Waals surface area (Å²) in [6.45, 7) is 5.13. The second-order valence-corrected chi connectivity index (χ2v) is 5.97. The Morgan fingerprint density at radius 3 is 2.17 bits per heavy atom. The van der Waals surface area contributed by atoms with Crippen molar-refractivity contribution in [3.8, 4) is 0 Å². The average Bonchev–Trinajstić information content (AvgIpc) is 2.38. The van der Waals surface area contributed by atoms with Crippen LogP contribution in [0.3, 0.4) is 0 Å². The fourth-order valence-electron chi connectivity index (χ4n) is 1.63. The van der Waals surface area contributed by atoms with Gasteiger partial charge in [-0.25, -0.2) is 14.0 Å². The Bertz CT molecular complexity index is 307. The fourth-order valence-corrected chi connectivity index (χ4v) is 3.49. The number of hydrogen-bond acceptors (Lipinski definition) is 5. The van der Waals surface area contributed by atoms with E-state index in [0.717, 1.165) is 12.8 Å². The van der Waals surface area contributed by atoms with Crippen LogP contribution in [-0.2, 0) is 18.3 Å². The monoisotopic (exact) mass is 280 g/mol. The molecule has 0 radical (unpaired) electrons. The van der Waals surface area contributed by atoms with E-state index in [4.69, 9.17) is 9.05 Å². The summed E-state index contributed by atoms with van der Waals surface area (Å²) < 4.78 is 29.2. The molecular weight excluding hydrogens is 259 g/mol. The zero-order valence-corrected chi connectivity index (χ0v) is 12.0. The highest BCUT2D eigenvalue weighted by Gasteiger charge is 2.38. The molecule has 106 valence electrons. The van der Waals surface area contributed by atoms with Gasteiger partial charge in [-0.15, -0.1) is 0 Å². The van der Waals surface area contributed by atoms with E-state index in [-0.39, 0.29) is 13.5 Å². The SMILES string of the molecule is CCCN(CCC)P1(=O)OCN(C(=O)OC)CO1. The second kappa shape index (κ2) is 7.09. The van der Waals surface area contributed by atoms with E-state index in [1.165, 1.54) is 12.0 Å². The molecule has 1 heterocycles. The Kier molecular flexibility index (Phi) is 6.08. The summed E-state index contributed by atoms with van der Waals surface area (Å²) in [5.74, 6) is 0. The first-order valence-corrected chi connectivity index (χ1v) is 7.54. The van der Waals surface area contributed by atoms with Gasteiger partial charge in [0.05, 0.1) is 7.11 Å². The summed E-state index contributed by atoms with van der Waals surface area (Å²) in [7, 11) is -1.99. The number of carbonyl (C=O) groups excluding carboxylic acids is 1. The number of methoxy groups -OCH3 is 1. The molecule has 0 N–H and O–H groups in total. The summed E-state index contributed by atoms with van der Waals surface area (Å²) in [5, 5.41) is 0. The molecule has 0 atom stereocenters. The molecule has 0 aliphatic carbocycles. The summed E-state index contributed by atoms with van der Waals surface area (Å²) in [6, 6.07) is 0. The van der Waals surface area contributed by atoms with Gasteiger partial charge in [0.2, 0.25) is 0 Å². The molecule has 1 aliphatic heterocycles. The molecule has 1 rings (SSSR count). The Labute approximate surface area is 108 Å². The predicted octanol–water partition coefficient (Wildman–Crippen LogP) is 2.25. The molecule has 1 amide bonds. The lowest BCUT2D eigenvalue weighted by Gasteiger charge is -2.36.